The Morgan fingerprint density at radius 3 is 2.58 bits per heavy atom. The summed E-state index contributed by atoms with van der Waals surface area (Å²) >= 11 is 5.96. The van der Waals surface area contributed by atoms with Gasteiger partial charge in [-0.05, 0) is 13.8 Å². The maximum Gasteiger partial charge on any atom is 0.316 e. The van der Waals surface area contributed by atoms with E-state index in [1.165, 1.54) is 19.9 Å². The van der Waals surface area contributed by atoms with Crippen LogP contribution in [0.5, 0.6) is 5.75 Å². The second-order valence-electron chi connectivity index (χ2n) is 3.77. The van der Waals surface area contributed by atoms with Gasteiger partial charge in [0.25, 0.3) is 5.91 Å². The maximum absolute atomic E-state index is 11.5. The quantitative estimate of drug-likeness (QED) is 0.839. The first-order chi connectivity index (χ1) is 8.73. The van der Waals surface area contributed by atoms with Gasteiger partial charge in [0.05, 0.1) is 10.7 Å². The molecule has 1 rings (SSSR count). The molecule has 0 atom stereocenters. The van der Waals surface area contributed by atoms with Crippen LogP contribution < -0.4 is 5.32 Å². The molecule has 0 spiro atoms. The van der Waals surface area contributed by atoms with Gasteiger partial charge in [-0.25, -0.2) is 0 Å². The predicted molar refractivity (Wildman–Crippen MR) is 72.3 cm³/mol. The second kappa shape index (κ2) is 5.85. The molecule has 0 heterocycles. The van der Waals surface area contributed by atoms with E-state index in [0.29, 0.717) is 0 Å². The number of nitrogens with zero attached hydrogens (tertiary/aromatic N) is 1. The number of amides is 1. The molecule has 19 heavy (non-hydrogen) atoms. The van der Waals surface area contributed by atoms with Crippen molar-refractivity contribution in [2.24, 2.45) is 4.36 Å². The Kier molecular flexibility index (Phi) is 4.68. The molecule has 8 heteroatoms. The highest BCUT2D eigenvalue weighted by Crippen LogP contribution is 2.40. The van der Waals surface area contributed by atoms with E-state index >= 15 is 0 Å². The van der Waals surface area contributed by atoms with Crippen LogP contribution in [0.3, 0.4) is 0 Å². The van der Waals surface area contributed by atoms with Gasteiger partial charge in [0.1, 0.15) is 11.4 Å². The van der Waals surface area contributed by atoms with Gasteiger partial charge in [0.2, 0.25) is 0 Å². The van der Waals surface area contributed by atoms with Gasteiger partial charge in [-0.15, -0.1) is 4.36 Å². The molecule has 2 N–H and O–H groups in total. The number of halogens is 1. The van der Waals surface area contributed by atoms with Crippen molar-refractivity contribution < 1.29 is 18.3 Å². The van der Waals surface area contributed by atoms with Gasteiger partial charge in [-0.2, -0.15) is 8.42 Å². The minimum atomic E-state index is -2.73. The van der Waals surface area contributed by atoms with Crippen LogP contribution in [0.1, 0.15) is 12.5 Å². The number of carbonyl (C=O) groups excluding carboxylic acids is 1. The smallest absolute Gasteiger partial charge is 0.316 e. The van der Waals surface area contributed by atoms with Crippen LogP contribution in [0.2, 0.25) is 5.02 Å². The van der Waals surface area contributed by atoms with Crippen molar-refractivity contribution in [3.63, 3.8) is 0 Å². The van der Waals surface area contributed by atoms with Crippen molar-refractivity contribution in [1.29, 1.82) is 0 Å². The van der Waals surface area contributed by atoms with Crippen molar-refractivity contribution in [3.05, 3.63) is 28.8 Å². The van der Waals surface area contributed by atoms with E-state index in [-0.39, 0.29) is 33.3 Å². The van der Waals surface area contributed by atoms with Crippen molar-refractivity contribution in [2.75, 3.05) is 5.32 Å². The van der Waals surface area contributed by atoms with E-state index in [1.807, 2.05) is 0 Å². The number of hydrogen-bond donors (Lipinski definition) is 2. The monoisotopic (exact) mass is 302 g/mol. The molecule has 1 amide bonds. The SMILES string of the molecule is C=C(C)C(=O)Nc1cc(O)c(C)c(N=S(=O)=O)c1Cl. The lowest BCUT2D eigenvalue weighted by Gasteiger charge is -2.11. The van der Waals surface area contributed by atoms with Gasteiger partial charge in [0.15, 0.2) is 0 Å². The summed E-state index contributed by atoms with van der Waals surface area (Å²) in [5, 5.41) is 12.0. The summed E-state index contributed by atoms with van der Waals surface area (Å²) in [4.78, 5) is 11.5. The fourth-order valence-corrected chi connectivity index (χ4v) is 1.94. The molecule has 0 aromatic heterocycles. The first-order valence-electron chi connectivity index (χ1n) is 5.04. The average Bonchev–Trinajstić information content (AvgIpc) is 2.31. The molecular formula is C11H11ClN2O4S. The standard InChI is InChI=1S/C11H11ClN2O4S/c1-5(2)11(16)13-7-4-8(15)6(3)10(9(7)12)14-19(17)18/h4,15H,1H2,2-3H3,(H,13,16). The van der Waals surface area contributed by atoms with Gasteiger partial charge >= 0.3 is 10.5 Å². The highest BCUT2D eigenvalue weighted by Gasteiger charge is 2.16. The number of phenolic OH excluding ortho intramolecular Hbond substituents is 1. The lowest BCUT2D eigenvalue weighted by atomic mass is 10.1. The topological polar surface area (TPSA) is 95.8 Å². The van der Waals surface area contributed by atoms with Gasteiger partial charge in [-0.3, -0.25) is 4.79 Å². The number of nitrogens with one attached hydrogen (secondary N) is 1. The third-order valence-corrected chi connectivity index (χ3v) is 2.98. The van der Waals surface area contributed by atoms with Gasteiger partial charge in [-0.1, -0.05) is 18.2 Å². The van der Waals surface area contributed by atoms with Crippen molar-refractivity contribution in [1.82, 2.24) is 0 Å². The Labute approximate surface area is 116 Å². The Morgan fingerprint density at radius 1 is 1.53 bits per heavy atom. The molecule has 0 radical (unpaired) electrons. The lowest BCUT2D eigenvalue weighted by molar-refractivity contribution is -0.112. The molecule has 0 aliphatic heterocycles. The summed E-state index contributed by atoms with van der Waals surface area (Å²) in [6.45, 7) is 6.40. The Hall–Kier alpha value is -1.86. The van der Waals surface area contributed by atoms with E-state index in [2.05, 4.69) is 16.3 Å². The zero-order valence-corrected chi connectivity index (χ0v) is 11.8. The molecule has 0 unspecified atom stereocenters. The van der Waals surface area contributed by atoms with Crippen LogP contribution in [0.15, 0.2) is 22.6 Å². The van der Waals surface area contributed by atoms with Crippen molar-refractivity contribution in [3.8, 4) is 5.75 Å². The summed E-state index contributed by atoms with van der Waals surface area (Å²) in [6.07, 6.45) is 0. The molecule has 1 aromatic rings. The summed E-state index contributed by atoms with van der Waals surface area (Å²) < 4.78 is 24.5. The summed E-state index contributed by atoms with van der Waals surface area (Å²) in [7, 11) is -2.73. The van der Waals surface area contributed by atoms with E-state index in [9.17, 15) is 18.3 Å². The molecule has 0 saturated carbocycles. The van der Waals surface area contributed by atoms with E-state index in [1.54, 1.807) is 0 Å². The number of aromatic hydroxyl groups is 1. The highest BCUT2D eigenvalue weighted by molar-refractivity contribution is 7.61. The molecule has 102 valence electrons. The molecular weight excluding hydrogens is 292 g/mol. The Balaban J connectivity index is 3.44. The number of anilines is 1. The van der Waals surface area contributed by atoms with Crippen LogP contribution in [0.25, 0.3) is 0 Å². The molecule has 1 aromatic carbocycles. The number of hydrogen-bond acceptors (Lipinski definition) is 5. The van der Waals surface area contributed by atoms with E-state index < -0.39 is 16.4 Å². The van der Waals surface area contributed by atoms with Crippen molar-refractivity contribution >= 4 is 39.4 Å². The molecule has 0 bridgehead atoms. The molecule has 0 fully saturated rings. The van der Waals surface area contributed by atoms with Crippen LogP contribution in [-0.4, -0.2) is 19.4 Å². The molecule has 0 aliphatic carbocycles. The van der Waals surface area contributed by atoms with Crippen molar-refractivity contribution in [2.45, 2.75) is 13.8 Å². The molecule has 6 nitrogen and oxygen atoms in total. The highest BCUT2D eigenvalue weighted by atomic mass is 35.5. The van der Waals surface area contributed by atoms with Crippen LogP contribution in [-0.2, 0) is 15.3 Å². The molecule has 0 saturated heterocycles. The maximum atomic E-state index is 11.5. The first kappa shape index (κ1) is 15.2. The number of benzene rings is 1. The number of phenols is 1. The molecule has 0 aliphatic rings. The van der Waals surface area contributed by atoms with Crippen LogP contribution in [0, 0.1) is 6.92 Å². The zero-order valence-electron chi connectivity index (χ0n) is 10.2. The normalized spacial score (nSPS) is 9.84. The van der Waals surface area contributed by atoms with Gasteiger partial charge < -0.3 is 10.4 Å². The zero-order chi connectivity index (χ0) is 14.7. The largest absolute Gasteiger partial charge is 0.508 e. The number of rotatable bonds is 3. The third-order valence-electron chi connectivity index (χ3n) is 2.27. The van der Waals surface area contributed by atoms with Crippen LogP contribution in [0.4, 0.5) is 11.4 Å². The van der Waals surface area contributed by atoms with Crippen LogP contribution >= 0.6 is 11.6 Å². The average molecular weight is 303 g/mol. The fourth-order valence-electron chi connectivity index (χ4n) is 1.22. The summed E-state index contributed by atoms with van der Waals surface area (Å²) in [5.74, 6) is -0.732. The Bertz CT molecular complexity index is 687. The Morgan fingerprint density at radius 2 is 2.11 bits per heavy atom. The summed E-state index contributed by atoms with van der Waals surface area (Å²) in [5.41, 5.74) is 0.374. The predicted octanol–water partition coefficient (Wildman–Crippen LogP) is 2.56. The minimum absolute atomic E-state index is 0.0574. The minimum Gasteiger partial charge on any atom is -0.508 e. The lowest BCUT2D eigenvalue weighted by Crippen LogP contribution is -2.12. The van der Waals surface area contributed by atoms with E-state index in [4.69, 9.17) is 11.6 Å². The summed E-state index contributed by atoms with van der Waals surface area (Å²) in [6, 6.07) is 1.21. The fraction of sp³-hybridized carbons (Fsp3) is 0.182. The third kappa shape index (κ3) is 3.55. The van der Waals surface area contributed by atoms with E-state index in [0.717, 1.165) is 0 Å². The number of carbonyl (C=O) groups is 1. The first-order valence-corrected chi connectivity index (χ1v) is 6.45. The van der Waals surface area contributed by atoms with Gasteiger partial charge in [0, 0.05) is 17.2 Å². The second-order valence-corrected chi connectivity index (χ2v) is 4.77.